The highest BCUT2D eigenvalue weighted by Crippen LogP contribution is 2.39. The Kier molecular flexibility index (Phi) is 5.21. The lowest BCUT2D eigenvalue weighted by atomic mass is 9.93. The van der Waals surface area contributed by atoms with Crippen molar-refractivity contribution in [2.24, 2.45) is 5.92 Å². The number of benzene rings is 1. The number of piperidine rings is 1. The predicted molar refractivity (Wildman–Crippen MR) is 95.8 cm³/mol. The highest BCUT2D eigenvalue weighted by molar-refractivity contribution is 7.10. The fourth-order valence-electron chi connectivity index (χ4n) is 3.46. The SMILES string of the molecule is COc1ccccc1C(c1cc(C)cs1)N1CCCC(C(=O)O)C1. The molecule has 3 rings (SSSR count). The second kappa shape index (κ2) is 7.36. The van der Waals surface area contributed by atoms with Crippen molar-refractivity contribution in [2.75, 3.05) is 20.2 Å². The maximum atomic E-state index is 11.5. The van der Waals surface area contributed by atoms with E-state index in [1.165, 1.54) is 10.4 Å². The number of carbonyl (C=O) groups is 1. The van der Waals surface area contributed by atoms with Gasteiger partial charge in [-0.15, -0.1) is 11.3 Å². The second-order valence-electron chi connectivity index (χ2n) is 6.34. The van der Waals surface area contributed by atoms with Gasteiger partial charge in [0.2, 0.25) is 0 Å². The van der Waals surface area contributed by atoms with E-state index in [9.17, 15) is 9.90 Å². The maximum absolute atomic E-state index is 11.5. The van der Waals surface area contributed by atoms with Gasteiger partial charge < -0.3 is 9.84 Å². The van der Waals surface area contributed by atoms with Crippen molar-refractivity contribution in [3.05, 3.63) is 51.7 Å². The third-order valence-electron chi connectivity index (χ3n) is 4.62. The lowest BCUT2D eigenvalue weighted by Crippen LogP contribution is -2.41. The first-order chi connectivity index (χ1) is 11.6. The largest absolute Gasteiger partial charge is 0.496 e. The summed E-state index contributed by atoms with van der Waals surface area (Å²) in [7, 11) is 1.69. The summed E-state index contributed by atoms with van der Waals surface area (Å²) in [5, 5.41) is 11.6. The van der Waals surface area contributed by atoms with E-state index in [0.29, 0.717) is 6.54 Å². The molecule has 1 fully saturated rings. The van der Waals surface area contributed by atoms with Crippen LogP contribution >= 0.6 is 11.3 Å². The van der Waals surface area contributed by atoms with Crippen molar-refractivity contribution in [2.45, 2.75) is 25.8 Å². The van der Waals surface area contributed by atoms with Gasteiger partial charge >= 0.3 is 5.97 Å². The average molecular weight is 345 g/mol. The van der Waals surface area contributed by atoms with Gasteiger partial charge in [-0.3, -0.25) is 9.69 Å². The van der Waals surface area contributed by atoms with Crippen LogP contribution in [0.25, 0.3) is 0 Å². The number of carboxylic acids is 1. The number of thiophene rings is 1. The third kappa shape index (κ3) is 3.47. The molecular weight excluding hydrogens is 322 g/mol. The molecule has 0 aliphatic carbocycles. The minimum atomic E-state index is -0.694. The summed E-state index contributed by atoms with van der Waals surface area (Å²) >= 11 is 1.73. The molecule has 0 amide bonds. The van der Waals surface area contributed by atoms with Crippen molar-refractivity contribution in [3.63, 3.8) is 0 Å². The Morgan fingerprint density at radius 2 is 2.21 bits per heavy atom. The van der Waals surface area contributed by atoms with Crippen LogP contribution in [0.5, 0.6) is 5.75 Å². The zero-order valence-electron chi connectivity index (χ0n) is 14.1. The van der Waals surface area contributed by atoms with Crippen LogP contribution in [0.1, 0.15) is 34.9 Å². The molecule has 2 unspecified atom stereocenters. The average Bonchev–Trinajstić information content (AvgIpc) is 3.02. The number of hydrogen-bond donors (Lipinski definition) is 1. The molecular formula is C19H23NO3S. The molecule has 0 saturated carbocycles. The van der Waals surface area contributed by atoms with Crippen molar-refractivity contribution in [1.29, 1.82) is 0 Å². The van der Waals surface area contributed by atoms with Gasteiger partial charge in [0.25, 0.3) is 0 Å². The third-order valence-corrected chi connectivity index (χ3v) is 5.72. The minimum Gasteiger partial charge on any atom is -0.496 e. The molecule has 1 aromatic heterocycles. The summed E-state index contributed by atoms with van der Waals surface area (Å²) in [4.78, 5) is 15.0. The summed E-state index contributed by atoms with van der Waals surface area (Å²) in [6.45, 7) is 3.58. The van der Waals surface area contributed by atoms with Crippen molar-refractivity contribution in [3.8, 4) is 5.75 Å². The number of aryl methyl sites for hydroxylation is 1. The number of para-hydroxylation sites is 1. The normalized spacial score (nSPS) is 19.8. The number of hydrogen-bond acceptors (Lipinski definition) is 4. The Hall–Kier alpha value is -1.85. The molecule has 4 nitrogen and oxygen atoms in total. The number of aliphatic carboxylic acids is 1. The van der Waals surface area contributed by atoms with Crippen LogP contribution in [0.4, 0.5) is 0 Å². The van der Waals surface area contributed by atoms with Gasteiger partial charge in [-0.2, -0.15) is 0 Å². The Bertz CT molecular complexity index is 712. The molecule has 5 heteroatoms. The van der Waals surface area contributed by atoms with Crippen LogP contribution < -0.4 is 4.74 Å². The molecule has 0 spiro atoms. The summed E-state index contributed by atoms with van der Waals surface area (Å²) < 4.78 is 5.58. The van der Waals surface area contributed by atoms with E-state index in [0.717, 1.165) is 30.7 Å². The van der Waals surface area contributed by atoms with E-state index < -0.39 is 5.97 Å². The first kappa shape index (κ1) is 17.0. The van der Waals surface area contributed by atoms with Gasteiger partial charge in [0.15, 0.2) is 0 Å². The van der Waals surface area contributed by atoms with E-state index in [4.69, 9.17) is 4.74 Å². The number of methoxy groups -OCH3 is 1. The fraction of sp³-hybridized carbons (Fsp3) is 0.421. The summed E-state index contributed by atoms with van der Waals surface area (Å²) in [5.41, 5.74) is 2.34. The smallest absolute Gasteiger partial charge is 0.307 e. The fourth-order valence-corrected chi connectivity index (χ4v) is 4.51. The standard InChI is InChI=1S/C19H23NO3S/c1-13-10-17(24-12-13)18(15-7-3-4-8-16(15)23-2)20-9-5-6-14(11-20)19(21)22/h3-4,7-8,10,12,14,18H,5-6,9,11H2,1-2H3,(H,21,22). The molecule has 1 aliphatic rings. The zero-order valence-corrected chi connectivity index (χ0v) is 14.9. The Morgan fingerprint density at radius 1 is 1.42 bits per heavy atom. The van der Waals surface area contributed by atoms with Gasteiger partial charge in [-0.1, -0.05) is 18.2 Å². The Labute approximate surface area is 146 Å². The first-order valence-electron chi connectivity index (χ1n) is 8.25. The highest BCUT2D eigenvalue weighted by atomic mass is 32.1. The van der Waals surface area contributed by atoms with Crippen molar-refractivity contribution in [1.82, 2.24) is 4.90 Å². The van der Waals surface area contributed by atoms with Gasteiger partial charge in [-0.25, -0.2) is 0 Å². The van der Waals surface area contributed by atoms with Gasteiger partial charge in [0, 0.05) is 17.0 Å². The molecule has 24 heavy (non-hydrogen) atoms. The molecule has 0 radical (unpaired) electrons. The number of nitrogens with zero attached hydrogens (tertiary/aromatic N) is 1. The van der Waals surface area contributed by atoms with Crippen molar-refractivity contribution >= 4 is 17.3 Å². The number of likely N-dealkylation sites (tertiary alicyclic amines) is 1. The first-order valence-corrected chi connectivity index (χ1v) is 9.13. The summed E-state index contributed by atoms with van der Waals surface area (Å²) in [6, 6.07) is 10.3. The van der Waals surface area contributed by atoms with Gasteiger partial charge in [0.05, 0.1) is 19.1 Å². The summed E-state index contributed by atoms with van der Waals surface area (Å²) in [6.07, 6.45) is 1.67. The van der Waals surface area contributed by atoms with Gasteiger partial charge in [-0.05, 0) is 49.4 Å². The molecule has 1 saturated heterocycles. The molecule has 2 heterocycles. The zero-order chi connectivity index (χ0) is 17.1. The van der Waals surface area contributed by atoms with E-state index in [1.807, 2.05) is 18.2 Å². The van der Waals surface area contributed by atoms with E-state index in [-0.39, 0.29) is 12.0 Å². The number of rotatable bonds is 5. The van der Waals surface area contributed by atoms with Crippen LogP contribution in [-0.2, 0) is 4.79 Å². The quantitative estimate of drug-likeness (QED) is 0.891. The monoisotopic (exact) mass is 345 g/mol. The number of carboxylic acid groups (broad SMARTS) is 1. The van der Waals surface area contributed by atoms with Gasteiger partial charge in [0.1, 0.15) is 5.75 Å². The molecule has 0 bridgehead atoms. The molecule has 1 aliphatic heterocycles. The molecule has 2 atom stereocenters. The molecule has 1 aromatic carbocycles. The predicted octanol–water partition coefficient (Wildman–Crippen LogP) is 3.95. The summed E-state index contributed by atoms with van der Waals surface area (Å²) in [5.74, 6) is -0.135. The molecule has 2 aromatic rings. The van der Waals surface area contributed by atoms with Crippen LogP contribution in [0.15, 0.2) is 35.7 Å². The van der Waals surface area contributed by atoms with Crippen molar-refractivity contribution < 1.29 is 14.6 Å². The topological polar surface area (TPSA) is 49.8 Å². The van der Waals surface area contributed by atoms with E-state index >= 15 is 0 Å². The van der Waals surface area contributed by atoms with Crippen LogP contribution in [0.3, 0.4) is 0 Å². The van der Waals surface area contributed by atoms with Crippen LogP contribution in [0.2, 0.25) is 0 Å². The van der Waals surface area contributed by atoms with Crippen LogP contribution in [-0.4, -0.2) is 36.2 Å². The molecule has 128 valence electrons. The van der Waals surface area contributed by atoms with E-state index in [1.54, 1.807) is 18.4 Å². The number of ether oxygens (including phenoxy) is 1. The van der Waals surface area contributed by atoms with Crippen LogP contribution in [0, 0.1) is 12.8 Å². The highest BCUT2D eigenvalue weighted by Gasteiger charge is 2.33. The maximum Gasteiger partial charge on any atom is 0.307 e. The minimum absolute atomic E-state index is 0.0435. The Balaban J connectivity index is 2.01. The lowest BCUT2D eigenvalue weighted by molar-refractivity contribution is -0.143. The lowest BCUT2D eigenvalue weighted by Gasteiger charge is -2.37. The van der Waals surface area contributed by atoms with E-state index in [2.05, 4.69) is 29.3 Å². The second-order valence-corrected chi connectivity index (χ2v) is 7.29. The Morgan fingerprint density at radius 3 is 2.88 bits per heavy atom. The molecule has 1 N–H and O–H groups in total.